The molecule has 0 aliphatic carbocycles. The standard InChI is InChI=1S/C19H16N2O4/c22-17(21-10-8-13-4-1-2-6-15(13)21)9-11-24-19(23)14-5-3-7-16-18(14)20-12-25-16/h1-7,12H,8-11H2. The van der Waals surface area contributed by atoms with Gasteiger partial charge in [0.05, 0.1) is 12.0 Å². The summed E-state index contributed by atoms with van der Waals surface area (Å²) in [5.41, 5.74) is 3.45. The fourth-order valence-electron chi connectivity index (χ4n) is 3.09. The van der Waals surface area contributed by atoms with Crippen LogP contribution in [-0.2, 0) is 16.0 Å². The number of hydrogen-bond acceptors (Lipinski definition) is 5. The normalized spacial score (nSPS) is 13.0. The first-order valence-corrected chi connectivity index (χ1v) is 8.11. The molecule has 1 aliphatic heterocycles. The lowest BCUT2D eigenvalue weighted by Crippen LogP contribution is -2.30. The van der Waals surface area contributed by atoms with Crippen LogP contribution < -0.4 is 4.90 Å². The molecule has 0 atom stereocenters. The third-order valence-electron chi connectivity index (χ3n) is 4.32. The SMILES string of the molecule is O=C(OCCC(=O)N1CCc2ccccc21)c1cccc2ocnc12. The summed E-state index contributed by atoms with van der Waals surface area (Å²) in [6.45, 7) is 0.703. The molecule has 1 aromatic heterocycles. The second-order valence-corrected chi connectivity index (χ2v) is 5.81. The van der Waals surface area contributed by atoms with Crippen LogP contribution in [0.2, 0.25) is 0 Å². The summed E-state index contributed by atoms with van der Waals surface area (Å²) in [7, 11) is 0. The summed E-state index contributed by atoms with van der Waals surface area (Å²) in [5, 5.41) is 0. The van der Waals surface area contributed by atoms with Crippen LogP contribution in [0.4, 0.5) is 5.69 Å². The van der Waals surface area contributed by atoms with E-state index < -0.39 is 5.97 Å². The average molecular weight is 336 g/mol. The number of aromatic nitrogens is 1. The molecule has 0 fully saturated rings. The second-order valence-electron chi connectivity index (χ2n) is 5.81. The molecule has 25 heavy (non-hydrogen) atoms. The highest BCUT2D eigenvalue weighted by atomic mass is 16.5. The van der Waals surface area contributed by atoms with Gasteiger partial charge < -0.3 is 14.1 Å². The van der Waals surface area contributed by atoms with Crippen molar-refractivity contribution in [3.05, 3.63) is 60.0 Å². The lowest BCUT2D eigenvalue weighted by atomic mass is 10.2. The number of carbonyl (C=O) groups excluding carboxylic acids is 2. The summed E-state index contributed by atoms with van der Waals surface area (Å²) in [6, 6.07) is 12.9. The van der Waals surface area contributed by atoms with Crippen LogP contribution in [0.3, 0.4) is 0 Å². The smallest absolute Gasteiger partial charge is 0.340 e. The molecule has 0 bridgehead atoms. The molecule has 1 amide bonds. The highest BCUT2D eigenvalue weighted by molar-refractivity contribution is 6.01. The van der Waals surface area contributed by atoms with Crippen molar-refractivity contribution in [1.29, 1.82) is 0 Å². The topological polar surface area (TPSA) is 72.6 Å². The third kappa shape index (κ3) is 2.87. The van der Waals surface area contributed by atoms with Crippen LogP contribution >= 0.6 is 0 Å². The van der Waals surface area contributed by atoms with E-state index in [2.05, 4.69) is 4.98 Å². The Labute approximate surface area is 144 Å². The third-order valence-corrected chi connectivity index (χ3v) is 4.32. The average Bonchev–Trinajstić information content (AvgIpc) is 3.27. The molecule has 3 aromatic rings. The van der Waals surface area contributed by atoms with Gasteiger partial charge in [-0.05, 0) is 30.2 Å². The van der Waals surface area contributed by atoms with E-state index in [-0.39, 0.29) is 18.9 Å². The molecule has 1 aliphatic rings. The van der Waals surface area contributed by atoms with E-state index in [0.29, 0.717) is 23.2 Å². The number of nitrogens with zero attached hydrogens (tertiary/aromatic N) is 2. The van der Waals surface area contributed by atoms with Crippen LogP contribution in [-0.4, -0.2) is 30.0 Å². The van der Waals surface area contributed by atoms with Gasteiger partial charge in [0.25, 0.3) is 0 Å². The van der Waals surface area contributed by atoms with E-state index in [1.54, 1.807) is 23.1 Å². The first-order chi connectivity index (χ1) is 12.2. The van der Waals surface area contributed by atoms with E-state index in [1.807, 2.05) is 24.3 Å². The molecule has 0 unspecified atom stereocenters. The minimum absolute atomic E-state index is 0.0323. The Balaban J connectivity index is 1.37. The van der Waals surface area contributed by atoms with E-state index in [9.17, 15) is 9.59 Å². The van der Waals surface area contributed by atoms with Gasteiger partial charge in [0.15, 0.2) is 12.0 Å². The van der Waals surface area contributed by atoms with Crippen molar-refractivity contribution in [3.63, 3.8) is 0 Å². The highest BCUT2D eigenvalue weighted by Crippen LogP contribution is 2.27. The maximum atomic E-state index is 12.4. The fourth-order valence-corrected chi connectivity index (χ4v) is 3.09. The lowest BCUT2D eigenvalue weighted by Gasteiger charge is -2.17. The quantitative estimate of drug-likeness (QED) is 0.685. The zero-order chi connectivity index (χ0) is 17.2. The van der Waals surface area contributed by atoms with E-state index in [1.165, 1.54) is 12.0 Å². The molecule has 0 saturated heterocycles. The van der Waals surface area contributed by atoms with Gasteiger partial charge in [-0.1, -0.05) is 24.3 Å². The lowest BCUT2D eigenvalue weighted by molar-refractivity contribution is -0.119. The van der Waals surface area contributed by atoms with Gasteiger partial charge in [0, 0.05) is 12.2 Å². The molecule has 2 aromatic carbocycles. The fraction of sp³-hybridized carbons (Fsp3) is 0.211. The van der Waals surface area contributed by atoms with Gasteiger partial charge in [-0.15, -0.1) is 0 Å². The molecular formula is C19H16N2O4. The van der Waals surface area contributed by atoms with E-state index >= 15 is 0 Å². The number of fused-ring (bicyclic) bond motifs is 2. The van der Waals surface area contributed by atoms with Gasteiger partial charge in [-0.3, -0.25) is 4.79 Å². The number of carbonyl (C=O) groups is 2. The minimum Gasteiger partial charge on any atom is -0.461 e. The summed E-state index contributed by atoms with van der Waals surface area (Å²) in [6.07, 6.45) is 2.29. The summed E-state index contributed by atoms with van der Waals surface area (Å²) < 4.78 is 10.4. The van der Waals surface area contributed by atoms with Gasteiger partial charge in [-0.25, -0.2) is 9.78 Å². The number of esters is 1. The largest absolute Gasteiger partial charge is 0.461 e. The zero-order valence-electron chi connectivity index (χ0n) is 13.5. The number of oxazole rings is 1. The van der Waals surface area contributed by atoms with Crippen LogP contribution in [0.25, 0.3) is 11.1 Å². The van der Waals surface area contributed by atoms with Crippen LogP contribution in [0.15, 0.2) is 53.3 Å². The first kappa shape index (κ1) is 15.4. The molecule has 0 saturated carbocycles. The van der Waals surface area contributed by atoms with Crippen molar-refractivity contribution in [1.82, 2.24) is 4.98 Å². The van der Waals surface area contributed by atoms with Gasteiger partial charge in [0.2, 0.25) is 5.91 Å². The molecule has 2 heterocycles. The van der Waals surface area contributed by atoms with Crippen LogP contribution in [0, 0.1) is 0 Å². The van der Waals surface area contributed by atoms with Gasteiger partial charge in [-0.2, -0.15) is 0 Å². The number of benzene rings is 2. The predicted octanol–water partition coefficient (Wildman–Crippen LogP) is 2.96. The van der Waals surface area contributed by atoms with Crippen molar-refractivity contribution >= 4 is 28.7 Å². The minimum atomic E-state index is -0.505. The Morgan fingerprint density at radius 1 is 1.16 bits per heavy atom. The zero-order valence-corrected chi connectivity index (χ0v) is 13.5. The highest BCUT2D eigenvalue weighted by Gasteiger charge is 2.24. The number of anilines is 1. The Morgan fingerprint density at radius 3 is 2.96 bits per heavy atom. The first-order valence-electron chi connectivity index (χ1n) is 8.11. The number of para-hydroxylation sites is 2. The van der Waals surface area contributed by atoms with Crippen molar-refractivity contribution in [3.8, 4) is 0 Å². The molecule has 126 valence electrons. The summed E-state index contributed by atoms with van der Waals surface area (Å²) in [5.74, 6) is -0.550. The van der Waals surface area contributed by atoms with Crippen molar-refractivity contribution in [2.45, 2.75) is 12.8 Å². The van der Waals surface area contributed by atoms with E-state index in [0.717, 1.165) is 12.1 Å². The monoisotopic (exact) mass is 336 g/mol. The molecule has 6 nitrogen and oxygen atoms in total. The molecular weight excluding hydrogens is 320 g/mol. The van der Waals surface area contributed by atoms with Crippen molar-refractivity contribution in [2.75, 3.05) is 18.1 Å². The summed E-state index contributed by atoms with van der Waals surface area (Å²) in [4.78, 5) is 30.4. The Bertz CT molecular complexity index is 947. The number of rotatable bonds is 4. The number of amides is 1. The Hall–Kier alpha value is -3.15. The van der Waals surface area contributed by atoms with Crippen LogP contribution in [0.1, 0.15) is 22.3 Å². The molecule has 6 heteroatoms. The van der Waals surface area contributed by atoms with Crippen molar-refractivity contribution in [2.24, 2.45) is 0 Å². The maximum Gasteiger partial charge on any atom is 0.340 e. The van der Waals surface area contributed by atoms with Gasteiger partial charge in [0.1, 0.15) is 12.1 Å². The van der Waals surface area contributed by atoms with Gasteiger partial charge >= 0.3 is 5.97 Å². The second kappa shape index (κ2) is 6.39. The van der Waals surface area contributed by atoms with E-state index in [4.69, 9.17) is 9.15 Å². The molecule has 0 spiro atoms. The molecule has 0 radical (unpaired) electrons. The number of hydrogen-bond donors (Lipinski definition) is 0. The molecule has 0 N–H and O–H groups in total. The summed E-state index contributed by atoms with van der Waals surface area (Å²) >= 11 is 0. The predicted molar refractivity (Wildman–Crippen MR) is 91.4 cm³/mol. The number of ether oxygens (including phenoxy) is 1. The maximum absolute atomic E-state index is 12.4. The van der Waals surface area contributed by atoms with Crippen LogP contribution in [0.5, 0.6) is 0 Å². The van der Waals surface area contributed by atoms with Crippen molar-refractivity contribution < 1.29 is 18.7 Å². The molecule has 4 rings (SSSR count). The Morgan fingerprint density at radius 2 is 2.04 bits per heavy atom. The Kier molecular flexibility index (Phi) is 3.93.